The zero-order chi connectivity index (χ0) is 15.7. The maximum Gasteiger partial charge on any atom is 0.255 e. The number of amides is 1. The Morgan fingerprint density at radius 2 is 2.09 bits per heavy atom. The van der Waals surface area contributed by atoms with Crippen LogP contribution in [-0.4, -0.2) is 34.4 Å². The van der Waals surface area contributed by atoms with Crippen LogP contribution in [0.25, 0.3) is 0 Å². The van der Waals surface area contributed by atoms with Crippen LogP contribution < -0.4 is 16.0 Å². The van der Waals surface area contributed by atoms with Gasteiger partial charge in [-0.3, -0.25) is 14.6 Å². The van der Waals surface area contributed by atoms with E-state index in [1.165, 1.54) is 0 Å². The first-order valence-corrected chi connectivity index (χ1v) is 6.89. The highest BCUT2D eigenvalue weighted by molar-refractivity contribution is 5.94. The van der Waals surface area contributed by atoms with E-state index >= 15 is 0 Å². The van der Waals surface area contributed by atoms with Crippen molar-refractivity contribution >= 4 is 11.9 Å². The highest BCUT2D eigenvalue weighted by Gasteiger charge is 2.24. The maximum absolute atomic E-state index is 12.5. The van der Waals surface area contributed by atoms with E-state index in [4.69, 9.17) is 10.5 Å². The molecule has 7 nitrogen and oxygen atoms in total. The van der Waals surface area contributed by atoms with Crippen LogP contribution >= 0.6 is 0 Å². The van der Waals surface area contributed by atoms with Crippen LogP contribution in [0.15, 0.2) is 29.1 Å². The van der Waals surface area contributed by atoms with Crippen LogP contribution in [0.3, 0.4) is 0 Å². The van der Waals surface area contributed by atoms with E-state index in [9.17, 15) is 9.59 Å². The maximum atomic E-state index is 12.5. The Hall–Kier alpha value is -2.83. The quantitative estimate of drug-likeness (QED) is 0.844. The molecule has 1 aromatic heterocycles. The number of nitrogens with zero attached hydrogens (tertiary/aromatic N) is 2. The largest absolute Gasteiger partial charge is 0.497 e. The van der Waals surface area contributed by atoms with Gasteiger partial charge in [-0.25, -0.2) is 4.98 Å². The Labute approximate surface area is 126 Å². The molecule has 1 aliphatic heterocycles. The molecule has 0 spiro atoms. The second-order valence-electron chi connectivity index (χ2n) is 5.08. The van der Waals surface area contributed by atoms with Crippen LogP contribution in [-0.2, 0) is 13.0 Å². The van der Waals surface area contributed by atoms with Gasteiger partial charge in [-0.15, -0.1) is 0 Å². The lowest BCUT2D eigenvalue weighted by atomic mass is 10.1. The summed E-state index contributed by atoms with van der Waals surface area (Å²) < 4.78 is 5.08. The molecule has 0 saturated carbocycles. The number of hydrogen-bond donors (Lipinski definition) is 2. The van der Waals surface area contributed by atoms with E-state index in [2.05, 4.69) is 9.97 Å². The molecular formula is C15H16N4O3. The first kappa shape index (κ1) is 14.1. The van der Waals surface area contributed by atoms with Crippen LogP contribution in [0, 0.1) is 0 Å². The summed E-state index contributed by atoms with van der Waals surface area (Å²) in [5.74, 6) is 0.665. The van der Waals surface area contributed by atoms with Crippen molar-refractivity contribution in [3.05, 3.63) is 51.4 Å². The molecule has 0 fully saturated rings. The van der Waals surface area contributed by atoms with Crippen LogP contribution in [0.5, 0.6) is 5.75 Å². The molecule has 1 aromatic carbocycles. The normalized spacial score (nSPS) is 13.6. The summed E-state index contributed by atoms with van der Waals surface area (Å²) in [5.41, 5.74) is 7.08. The molecule has 0 unspecified atom stereocenters. The third-order valence-corrected chi connectivity index (χ3v) is 3.72. The summed E-state index contributed by atoms with van der Waals surface area (Å²) in [6.45, 7) is 0.765. The Bertz CT molecular complexity index is 767. The Kier molecular flexibility index (Phi) is 3.54. The molecule has 0 saturated heterocycles. The van der Waals surface area contributed by atoms with Crippen molar-refractivity contribution in [2.24, 2.45) is 0 Å². The first-order chi connectivity index (χ1) is 10.6. The van der Waals surface area contributed by atoms with Crippen molar-refractivity contribution in [1.29, 1.82) is 0 Å². The number of fused-ring (bicyclic) bond motifs is 1. The van der Waals surface area contributed by atoms with E-state index < -0.39 is 0 Å². The van der Waals surface area contributed by atoms with E-state index in [1.807, 2.05) is 0 Å². The first-order valence-electron chi connectivity index (χ1n) is 6.89. The number of nitrogens with one attached hydrogen (secondary N) is 1. The predicted octanol–water partition coefficient (Wildman–Crippen LogP) is 0.559. The van der Waals surface area contributed by atoms with Gasteiger partial charge in [0.15, 0.2) is 0 Å². The van der Waals surface area contributed by atoms with Crippen molar-refractivity contribution in [3.63, 3.8) is 0 Å². The molecule has 114 valence electrons. The molecular weight excluding hydrogens is 284 g/mol. The third kappa shape index (κ3) is 2.52. The number of carbonyl (C=O) groups is 1. The van der Waals surface area contributed by atoms with Crippen LogP contribution in [0.4, 0.5) is 5.95 Å². The summed E-state index contributed by atoms with van der Waals surface area (Å²) in [5, 5.41) is 0. The van der Waals surface area contributed by atoms with Crippen molar-refractivity contribution in [1.82, 2.24) is 14.9 Å². The molecule has 3 N–H and O–H groups in total. The topological polar surface area (TPSA) is 101 Å². The lowest BCUT2D eigenvalue weighted by Gasteiger charge is -2.27. The smallest absolute Gasteiger partial charge is 0.255 e. The fraction of sp³-hybridized carbons (Fsp3) is 0.267. The van der Waals surface area contributed by atoms with Gasteiger partial charge in [0.1, 0.15) is 5.75 Å². The molecule has 2 aromatic rings. The summed E-state index contributed by atoms with van der Waals surface area (Å²) in [7, 11) is 1.58. The summed E-state index contributed by atoms with van der Waals surface area (Å²) in [6, 6.07) is 6.92. The molecule has 1 aliphatic rings. The van der Waals surface area contributed by atoms with Gasteiger partial charge in [-0.2, -0.15) is 0 Å². The van der Waals surface area contributed by atoms with E-state index in [-0.39, 0.29) is 24.0 Å². The van der Waals surface area contributed by atoms with E-state index in [0.717, 1.165) is 0 Å². The zero-order valence-electron chi connectivity index (χ0n) is 12.1. The van der Waals surface area contributed by atoms with Gasteiger partial charge in [-0.05, 0) is 30.7 Å². The monoisotopic (exact) mass is 300 g/mol. The number of nitrogens with two attached hydrogens (primary N) is 1. The highest BCUT2D eigenvalue weighted by atomic mass is 16.5. The molecule has 0 bridgehead atoms. The van der Waals surface area contributed by atoms with Gasteiger partial charge >= 0.3 is 0 Å². The molecule has 1 amide bonds. The molecule has 0 atom stereocenters. The minimum Gasteiger partial charge on any atom is -0.497 e. The Morgan fingerprint density at radius 1 is 1.36 bits per heavy atom. The summed E-state index contributed by atoms with van der Waals surface area (Å²) in [4.78, 5) is 32.6. The number of carbonyl (C=O) groups excluding carboxylic acids is 1. The fourth-order valence-electron chi connectivity index (χ4n) is 2.55. The number of aromatic nitrogens is 2. The lowest BCUT2D eigenvalue weighted by molar-refractivity contribution is 0.0731. The second kappa shape index (κ2) is 5.51. The Balaban J connectivity index is 1.84. The fourth-order valence-corrected chi connectivity index (χ4v) is 2.55. The number of anilines is 1. The highest BCUT2D eigenvalue weighted by Crippen LogP contribution is 2.18. The number of H-pyrrole nitrogens is 1. The molecule has 3 rings (SSSR count). The van der Waals surface area contributed by atoms with Crippen molar-refractivity contribution in [2.75, 3.05) is 19.4 Å². The van der Waals surface area contributed by atoms with Gasteiger partial charge in [0.05, 0.1) is 19.3 Å². The molecule has 2 heterocycles. The van der Waals surface area contributed by atoms with E-state index in [1.54, 1.807) is 36.3 Å². The van der Waals surface area contributed by atoms with Gasteiger partial charge in [0.2, 0.25) is 5.95 Å². The number of benzene rings is 1. The van der Waals surface area contributed by atoms with Crippen molar-refractivity contribution in [3.8, 4) is 5.75 Å². The number of rotatable bonds is 2. The minimum atomic E-state index is -0.223. The lowest BCUT2D eigenvalue weighted by Crippen LogP contribution is -2.39. The minimum absolute atomic E-state index is 0.0718. The zero-order valence-corrected chi connectivity index (χ0v) is 12.1. The van der Waals surface area contributed by atoms with Gasteiger partial charge in [-0.1, -0.05) is 0 Å². The summed E-state index contributed by atoms with van der Waals surface area (Å²) in [6.07, 6.45) is 0.472. The Morgan fingerprint density at radius 3 is 2.77 bits per heavy atom. The number of aromatic amines is 1. The SMILES string of the molecule is COc1ccc(C(=O)N2CCc3c(nc(N)[nH]c3=O)C2)cc1. The van der Waals surface area contributed by atoms with Gasteiger partial charge in [0.25, 0.3) is 11.5 Å². The number of hydrogen-bond acceptors (Lipinski definition) is 5. The molecule has 7 heteroatoms. The molecule has 0 radical (unpaired) electrons. The number of ether oxygens (including phenoxy) is 1. The average Bonchev–Trinajstić information content (AvgIpc) is 2.53. The number of methoxy groups -OCH3 is 1. The van der Waals surface area contributed by atoms with Crippen molar-refractivity contribution in [2.45, 2.75) is 13.0 Å². The third-order valence-electron chi connectivity index (χ3n) is 3.72. The predicted molar refractivity (Wildman–Crippen MR) is 80.7 cm³/mol. The van der Waals surface area contributed by atoms with Crippen LogP contribution in [0.2, 0.25) is 0 Å². The van der Waals surface area contributed by atoms with E-state index in [0.29, 0.717) is 35.5 Å². The van der Waals surface area contributed by atoms with Gasteiger partial charge in [0, 0.05) is 17.7 Å². The average molecular weight is 300 g/mol. The van der Waals surface area contributed by atoms with Crippen LogP contribution in [0.1, 0.15) is 21.6 Å². The van der Waals surface area contributed by atoms with Crippen molar-refractivity contribution < 1.29 is 9.53 Å². The standard InChI is InChI=1S/C15H16N4O3/c1-22-10-4-2-9(3-5-10)14(21)19-7-6-11-12(8-19)17-15(16)18-13(11)20/h2-5H,6-8H2,1H3,(H3,16,17,18,20). The molecule has 22 heavy (non-hydrogen) atoms. The molecule has 0 aliphatic carbocycles. The second-order valence-corrected chi connectivity index (χ2v) is 5.08. The summed E-state index contributed by atoms with van der Waals surface area (Å²) >= 11 is 0. The number of nitrogen functional groups attached to an aromatic ring is 1. The van der Waals surface area contributed by atoms with Gasteiger partial charge < -0.3 is 15.4 Å².